The Bertz CT molecular complexity index is 2790. The fourth-order valence-electron chi connectivity index (χ4n) is 8.17. The van der Waals surface area contributed by atoms with Crippen molar-refractivity contribution in [2.45, 2.75) is 99.4 Å². The molecule has 0 bridgehead atoms. The zero-order chi connectivity index (χ0) is 52.1. The SMILES string of the molecule is COc1ncnc(OC)c1-n1c(CS(=O)(=O)[C@@H](C)[C@H](OC)c2ncc(Cl)cn2)nnc1[C@@H](C)C1CC1.COc1ncnc(OC)c1-n1c(CS(=O)(=O)[C@@H](C)[C@H](OC)c2ncc(Cl)cn2)nnc1[C@H](C)C1CC1. The number of ether oxygens (including phenoxy) is 6. The maximum Gasteiger partial charge on any atom is 0.245 e. The second kappa shape index (κ2) is 23.0. The summed E-state index contributed by atoms with van der Waals surface area (Å²) in [6.45, 7) is 7.17. The highest BCUT2D eigenvalue weighted by atomic mass is 35.5. The fraction of sp³-hybridized carbons (Fsp3) is 0.545. The third-order valence-electron chi connectivity index (χ3n) is 12.7. The van der Waals surface area contributed by atoms with Crippen molar-refractivity contribution in [3.8, 4) is 34.9 Å². The van der Waals surface area contributed by atoms with E-state index in [0.717, 1.165) is 25.7 Å². The Labute approximate surface area is 426 Å². The lowest BCUT2D eigenvalue weighted by atomic mass is 10.1. The van der Waals surface area contributed by atoms with Crippen LogP contribution in [0.2, 0.25) is 10.0 Å². The van der Waals surface area contributed by atoms with Gasteiger partial charge >= 0.3 is 0 Å². The average molecular weight is 1080 g/mol. The molecule has 0 amide bonds. The molecule has 2 aliphatic rings. The minimum Gasteiger partial charge on any atom is -0.479 e. The first-order valence-electron chi connectivity index (χ1n) is 22.6. The molecule has 72 heavy (non-hydrogen) atoms. The van der Waals surface area contributed by atoms with E-state index in [0.29, 0.717) is 44.9 Å². The predicted octanol–water partition coefficient (Wildman–Crippen LogP) is 5.44. The highest BCUT2D eigenvalue weighted by Gasteiger charge is 2.40. The van der Waals surface area contributed by atoms with Crippen LogP contribution in [-0.4, -0.2) is 139 Å². The topological polar surface area (TPSA) is 288 Å². The van der Waals surface area contributed by atoms with Gasteiger partial charge in [0.1, 0.15) is 48.0 Å². The second-order valence-corrected chi connectivity index (χ2v) is 22.8. The Hall–Kier alpha value is -5.80. The number of halogens is 2. The van der Waals surface area contributed by atoms with Crippen LogP contribution >= 0.6 is 23.2 Å². The first kappa shape index (κ1) is 54.0. The summed E-state index contributed by atoms with van der Waals surface area (Å²) in [5, 5.41) is 16.0. The molecule has 2 aliphatic carbocycles. The van der Waals surface area contributed by atoms with Gasteiger partial charge < -0.3 is 28.4 Å². The number of aromatic nitrogens is 14. The van der Waals surface area contributed by atoms with Crippen LogP contribution in [0.4, 0.5) is 0 Å². The Kier molecular flexibility index (Phi) is 17.2. The maximum absolute atomic E-state index is 13.6. The van der Waals surface area contributed by atoms with Gasteiger partial charge in [-0.25, -0.2) is 36.8 Å². The van der Waals surface area contributed by atoms with E-state index in [1.54, 1.807) is 23.0 Å². The molecule has 6 aromatic heterocycles. The molecule has 24 nitrogen and oxygen atoms in total. The molecule has 0 aromatic carbocycles. The Balaban J connectivity index is 0.000000211. The van der Waals surface area contributed by atoms with Gasteiger partial charge in [0.05, 0.1) is 49.0 Å². The van der Waals surface area contributed by atoms with Crippen LogP contribution in [0.3, 0.4) is 0 Å². The number of nitrogens with zero attached hydrogens (tertiary/aromatic N) is 14. The van der Waals surface area contributed by atoms with Crippen molar-refractivity contribution in [1.29, 1.82) is 0 Å². The average Bonchev–Trinajstić information content (AvgIpc) is 4.33. The monoisotopic (exact) mass is 1070 g/mol. The smallest absolute Gasteiger partial charge is 0.245 e. The summed E-state index contributed by atoms with van der Waals surface area (Å²) < 4.78 is 90.6. The van der Waals surface area contributed by atoms with Crippen LogP contribution in [-0.2, 0) is 40.7 Å². The molecule has 2 saturated carbocycles. The lowest BCUT2D eigenvalue weighted by Crippen LogP contribution is -2.30. The van der Waals surface area contributed by atoms with E-state index >= 15 is 0 Å². The molecule has 0 saturated heterocycles. The van der Waals surface area contributed by atoms with Gasteiger partial charge in [0.25, 0.3) is 0 Å². The van der Waals surface area contributed by atoms with E-state index in [9.17, 15) is 16.8 Å². The van der Waals surface area contributed by atoms with Gasteiger partial charge in [0, 0.05) is 50.8 Å². The van der Waals surface area contributed by atoms with Crippen molar-refractivity contribution in [3.63, 3.8) is 0 Å². The molecule has 388 valence electrons. The van der Waals surface area contributed by atoms with Gasteiger partial charge in [-0.05, 0) is 51.4 Å². The maximum atomic E-state index is 13.6. The van der Waals surface area contributed by atoms with Gasteiger partial charge in [0.15, 0.2) is 54.3 Å². The van der Waals surface area contributed by atoms with Crippen LogP contribution in [0.15, 0.2) is 37.4 Å². The molecule has 28 heteroatoms. The summed E-state index contributed by atoms with van der Waals surface area (Å²) in [5.41, 5.74) is 0.689. The molecule has 6 heterocycles. The van der Waals surface area contributed by atoms with Gasteiger partial charge in [-0.1, -0.05) is 37.0 Å². The molecule has 0 unspecified atom stereocenters. The van der Waals surface area contributed by atoms with Gasteiger partial charge in [-0.3, -0.25) is 9.13 Å². The quantitative estimate of drug-likeness (QED) is 0.0817. The minimum atomic E-state index is -3.85. The standard InChI is InChI=1S/2C22H28ClN7O5S/c2*1-12(14-6-7-14)20-29-28-16(30(20)17-21(34-4)26-11-27-22(17)35-5)10-36(31,32)13(2)18(33-3)19-24-8-15(23)9-25-19/h2*8-9,11-14,18H,6-7,10H2,1-5H3/t12-,13+,18+;12-,13-,18-/m10/s1. The molecule has 0 spiro atoms. The lowest BCUT2D eigenvalue weighted by Gasteiger charge is -2.22. The Morgan fingerprint density at radius 1 is 0.514 bits per heavy atom. The van der Waals surface area contributed by atoms with Crippen LogP contribution in [0, 0.1) is 11.8 Å². The van der Waals surface area contributed by atoms with E-state index in [1.807, 2.05) is 13.8 Å². The Morgan fingerprint density at radius 2 is 0.819 bits per heavy atom. The first-order valence-corrected chi connectivity index (χ1v) is 26.8. The van der Waals surface area contributed by atoms with E-state index in [2.05, 4.69) is 60.3 Å². The third-order valence-corrected chi connectivity index (χ3v) is 17.1. The molecule has 0 aliphatic heterocycles. The van der Waals surface area contributed by atoms with Gasteiger partial charge in [-0.2, -0.15) is 19.9 Å². The van der Waals surface area contributed by atoms with Crippen molar-refractivity contribution >= 4 is 42.9 Å². The number of hydrogen-bond acceptors (Lipinski definition) is 22. The van der Waals surface area contributed by atoms with Gasteiger partial charge in [0.2, 0.25) is 23.5 Å². The molecule has 6 aromatic rings. The molecular formula is C44H56Cl2N14O10S2. The predicted molar refractivity (Wildman–Crippen MR) is 260 cm³/mol. The van der Waals surface area contributed by atoms with Gasteiger partial charge in [-0.15, -0.1) is 20.4 Å². The highest BCUT2D eigenvalue weighted by Crippen LogP contribution is 2.45. The molecule has 6 atom stereocenters. The van der Waals surface area contributed by atoms with Crippen molar-refractivity contribution in [2.24, 2.45) is 11.8 Å². The van der Waals surface area contributed by atoms with Crippen LogP contribution < -0.4 is 18.9 Å². The van der Waals surface area contributed by atoms with Crippen LogP contribution in [0.25, 0.3) is 11.4 Å². The number of sulfone groups is 2. The van der Waals surface area contributed by atoms with Crippen molar-refractivity contribution in [2.75, 3.05) is 42.7 Å². The lowest BCUT2D eigenvalue weighted by molar-refractivity contribution is 0.0947. The van der Waals surface area contributed by atoms with E-state index in [4.69, 9.17) is 51.6 Å². The van der Waals surface area contributed by atoms with Crippen LogP contribution in [0.5, 0.6) is 23.5 Å². The fourth-order valence-corrected chi connectivity index (χ4v) is 11.2. The summed E-state index contributed by atoms with van der Waals surface area (Å²) in [5.74, 6) is 2.83. The molecule has 8 rings (SSSR count). The van der Waals surface area contributed by atoms with Crippen molar-refractivity contribution in [3.05, 3.63) is 82.4 Å². The first-order chi connectivity index (χ1) is 34.4. The highest BCUT2D eigenvalue weighted by molar-refractivity contribution is 7.91. The zero-order valence-electron chi connectivity index (χ0n) is 41.2. The molecule has 0 N–H and O–H groups in total. The minimum absolute atomic E-state index is 0.0233. The van der Waals surface area contributed by atoms with Crippen LogP contribution in [0.1, 0.15) is 112 Å². The molecule has 0 radical (unpaired) electrons. The largest absolute Gasteiger partial charge is 0.479 e. The van der Waals surface area contributed by atoms with Crippen molar-refractivity contribution in [1.82, 2.24) is 69.4 Å². The van der Waals surface area contributed by atoms with E-state index in [1.165, 1.54) is 80.1 Å². The summed E-state index contributed by atoms with van der Waals surface area (Å²) in [6, 6.07) is 0. The second-order valence-electron chi connectivity index (χ2n) is 17.2. The number of rotatable bonds is 22. The zero-order valence-corrected chi connectivity index (χ0v) is 44.4. The Morgan fingerprint density at radius 3 is 1.08 bits per heavy atom. The third kappa shape index (κ3) is 11.7. The summed E-state index contributed by atoms with van der Waals surface area (Å²) >= 11 is 11.8. The summed E-state index contributed by atoms with van der Waals surface area (Å²) in [4.78, 5) is 33.3. The van der Waals surface area contributed by atoms with E-state index < -0.39 is 53.9 Å². The number of hydrogen-bond donors (Lipinski definition) is 0. The summed E-state index contributed by atoms with van der Waals surface area (Å²) in [6.07, 6.45) is 10.6. The van der Waals surface area contributed by atoms with Crippen molar-refractivity contribution < 1.29 is 45.3 Å². The molecule has 2 fully saturated rings. The molecular weight excluding hydrogens is 1020 g/mol. The number of methoxy groups -OCH3 is 6. The normalized spacial score (nSPS) is 16.4. The summed E-state index contributed by atoms with van der Waals surface area (Å²) in [7, 11) is 0.969. The van der Waals surface area contributed by atoms with E-state index in [-0.39, 0.29) is 58.7 Å².